The summed E-state index contributed by atoms with van der Waals surface area (Å²) in [5.41, 5.74) is -0.0216. The summed E-state index contributed by atoms with van der Waals surface area (Å²) in [4.78, 5) is 4.15. The van der Waals surface area contributed by atoms with Crippen molar-refractivity contribution in [3.63, 3.8) is 0 Å². The third kappa shape index (κ3) is 3.84. The van der Waals surface area contributed by atoms with Crippen molar-refractivity contribution in [2.75, 3.05) is 7.11 Å². The first kappa shape index (κ1) is 19.0. The first-order valence-corrected chi connectivity index (χ1v) is 8.59. The maximum atomic E-state index is 12.8. The van der Waals surface area contributed by atoms with Crippen molar-refractivity contribution in [2.24, 2.45) is 0 Å². The summed E-state index contributed by atoms with van der Waals surface area (Å²) in [6.45, 7) is 0. The molecule has 0 aliphatic carbocycles. The molecule has 0 saturated carbocycles. The fourth-order valence-electron chi connectivity index (χ4n) is 2.36. The van der Waals surface area contributed by atoms with Gasteiger partial charge in [0.15, 0.2) is 11.5 Å². The van der Waals surface area contributed by atoms with Crippen LogP contribution in [0.25, 0.3) is 21.9 Å². The van der Waals surface area contributed by atoms with E-state index in [2.05, 4.69) is 4.98 Å². The molecule has 1 aromatic heterocycles. The van der Waals surface area contributed by atoms with Gasteiger partial charge in [0.1, 0.15) is 11.1 Å². The molecule has 0 saturated heterocycles. The molecule has 4 nitrogen and oxygen atoms in total. The average molecular weight is 411 g/mol. The van der Waals surface area contributed by atoms with Crippen molar-refractivity contribution in [3.05, 3.63) is 51.5 Å². The van der Waals surface area contributed by atoms with Crippen molar-refractivity contribution in [3.8, 4) is 17.6 Å². The number of benzene rings is 2. The number of aromatic nitrogens is 1. The van der Waals surface area contributed by atoms with Gasteiger partial charge in [0, 0.05) is 0 Å². The summed E-state index contributed by atoms with van der Waals surface area (Å²) >= 11 is 7.04. The number of nitrogens with zero attached hydrogens (tertiary/aromatic N) is 2. The molecule has 0 amide bonds. The molecule has 27 heavy (non-hydrogen) atoms. The van der Waals surface area contributed by atoms with Crippen LogP contribution in [0.4, 0.5) is 13.2 Å². The molecular formula is C18H10ClF3N2O2S. The number of hydrogen-bond acceptors (Lipinski definition) is 5. The topological polar surface area (TPSA) is 66.1 Å². The standard InChI is InChI=1S/C18H10ClF3N2O2S/c1-26-14-6-9(5-12(19)16(14)25)4-10(8-23)17-24-13-7-11(18(20,21)22)2-3-15(13)27-17/h2-7,25H,1H3. The maximum absolute atomic E-state index is 12.8. The Morgan fingerprint density at radius 2 is 2.07 bits per heavy atom. The van der Waals surface area contributed by atoms with Gasteiger partial charge in [-0.1, -0.05) is 11.6 Å². The zero-order valence-corrected chi connectivity index (χ0v) is 15.2. The van der Waals surface area contributed by atoms with Crippen LogP contribution in [-0.2, 0) is 6.18 Å². The molecule has 3 aromatic rings. The predicted octanol–water partition coefficient (Wildman–Crippen LogP) is 5.75. The molecule has 0 aliphatic rings. The van der Waals surface area contributed by atoms with Gasteiger partial charge in [-0.3, -0.25) is 0 Å². The van der Waals surface area contributed by atoms with Crippen LogP contribution in [0.15, 0.2) is 30.3 Å². The smallest absolute Gasteiger partial charge is 0.416 e. The average Bonchev–Trinajstić information content (AvgIpc) is 3.04. The summed E-state index contributed by atoms with van der Waals surface area (Å²) in [6, 6.07) is 8.15. The largest absolute Gasteiger partial charge is 0.503 e. The van der Waals surface area contributed by atoms with Crippen LogP contribution in [0.1, 0.15) is 16.1 Å². The second-order valence-corrected chi connectivity index (χ2v) is 6.86. The Labute approximate surface area is 160 Å². The van der Waals surface area contributed by atoms with Gasteiger partial charge in [0.25, 0.3) is 0 Å². The normalized spacial score (nSPS) is 12.2. The van der Waals surface area contributed by atoms with Crippen molar-refractivity contribution >= 4 is 44.8 Å². The highest BCUT2D eigenvalue weighted by Gasteiger charge is 2.30. The van der Waals surface area contributed by atoms with E-state index in [1.807, 2.05) is 6.07 Å². The number of allylic oxidation sites excluding steroid dienone is 1. The van der Waals surface area contributed by atoms with Crippen molar-refractivity contribution in [1.82, 2.24) is 4.98 Å². The number of aromatic hydroxyl groups is 1. The molecule has 0 atom stereocenters. The fourth-order valence-corrected chi connectivity index (χ4v) is 3.49. The second-order valence-electron chi connectivity index (χ2n) is 5.42. The molecule has 0 spiro atoms. The number of methoxy groups -OCH3 is 1. The highest BCUT2D eigenvalue weighted by atomic mass is 35.5. The summed E-state index contributed by atoms with van der Waals surface area (Å²) < 4.78 is 44.1. The highest BCUT2D eigenvalue weighted by molar-refractivity contribution is 7.19. The number of fused-ring (bicyclic) bond motifs is 1. The number of phenolic OH excluding ortho intramolecular Hbond substituents is 1. The van der Waals surface area contributed by atoms with Gasteiger partial charge >= 0.3 is 6.18 Å². The van der Waals surface area contributed by atoms with E-state index in [4.69, 9.17) is 16.3 Å². The van der Waals surface area contributed by atoms with Gasteiger partial charge in [-0.05, 0) is 42.0 Å². The second kappa shape index (κ2) is 7.10. The van der Waals surface area contributed by atoms with Crippen LogP contribution in [0, 0.1) is 11.3 Å². The molecule has 138 valence electrons. The van der Waals surface area contributed by atoms with Gasteiger partial charge in [0.05, 0.1) is 33.5 Å². The van der Waals surface area contributed by atoms with E-state index in [1.165, 1.54) is 31.4 Å². The number of hydrogen-bond donors (Lipinski definition) is 1. The van der Waals surface area contributed by atoms with Gasteiger partial charge in [0.2, 0.25) is 0 Å². The van der Waals surface area contributed by atoms with Crippen molar-refractivity contribution in [1.29, 1.82) is 5.26 Å². The van der Waals surface area contributed by atoms with E-state index in [1.54, 1.807) is 0 Å². The van der Waals surface area contributed by atoms with Crippen LogP contribution < -0.4 is 4.74 Å². The first-order chi connectivity index (χ1) is 12.7. The number of nitriles is 1. The van der Waals surface area contributed by atoms with Crippen LogP contribution >= 0.6 is 22.9 Å². The molecular weight excluding hydrogens is 401 g/mol. The Balaban J connectivity index is 2.07. The Hall–Kier alpha value is -2.76. The molecule has 1 heterocycles. The number of halogens is 4. The van der Waals surface area contributed by atoms with Crippen LogP contribution in [0.5, 0.6) is 11.5 Å². The first-order valence-electron chi connectivity index (χ1n) is 7.39. The van der Waals surface area contributed by atoms with E-state index in [0.29, 0.717) is 10.3 Å². The van der Waals surface area contributed by atoms with E-state index in [0.717, 1.165) is 23.5 Å². The van der Waals surface area contributed by atoms with Crippen LogP contribution in [0.2, 0.25) is 5.02 Å². The minimum atomic E-state index is -4.47. The van der Waals surface area contributed by atoms with E-state index < -0.39 is 11.7 Å². The van der Waals surface area contributed by atoms with Crippen molar-refractivity contribution < 1.29 is 23.0 Å². The van der Waals surface area contributed by atoms with E-state index >= 15 is 0 Å². The minimum absolute atomic E-state index is 0.0389. The van der Waals surface area contributed by atoms with Gasteiger partial charge in [-0.2, -0.15) is 18.4 Å². The molecule has 0 unspecified atom stereocenters. The van der Waals surface area contributed by atoms with Crippen molar-refractivity contribution in [2.45, 2.75) is 6.18 Å². The molecule has 0 fully saturated rings. The lowest BCUT2D eigenvalue weighted by molar-refractivity contribution is -0.137. The number of ether oxygens (including phenoxy) is 1. The summed E-state index contributed by atoms with van der Waals surface area (Å²) in [7, 11) is 1.36. The number of alkyl halides is 3. The molecule has 9 heteroatoms. The lowest BCUT2D eigenvalue weighted by Crippen LogP contribution is -2.03. The lowest BCUT2D eigenvalue weighted by Gasteiger charge is -2.06. The summed E-state index contributed by atoms with van der Waals surface area (Å²) in [5.74, 6) is -0.0975. The number of phenols is 1. The zero-order chi connectivity index (χ0) is 19.8. The SMILES string of the molecule is COc1cc(C=C(C#N)c2nc3cc(C(F)(F)F)ccc3s2)cc(Cl)c1O. The number of thiazole rings is 1. The van der Waals surface area contributed by atoms with Crippen LogP contribution in [0.3, 0.4) is 0 Å². The molecule has 1 N–H and O–H groups in total. The third-order valence-corrected chi connectivity index (χ3v) is 5.01. The Morgan fingerprint density at radius 1 is 1.33 bits per heavy atom. The maximum Gasteiger partial charge on any atom is 0.416 e. The third-order valence-electron chi connectivity index (χ3n) is 3.65. The van der Waals surface area contributed by atoms with Crippen LogP contribution in [-0.4, -0.2) is 17.2 Å². The molecule has 2 aromatic carbocycles. The Kier molecular flexibility index (Phi) is 5.00. The lowest BCUT2D eigenvalue weighted by atomic mass is 10.1. The monoisotopic (exact) mass is 410 g/mol. The molecule has 0 radical (unpaired) electrons. The van der Waals surface area contributed by atoms with Gasteiger partial charge in [-0.15, -0.1) is 11.3 Å². The van der Waals surface area contributed by atoms with E-state index in [-0.39, 0.29) is 32.6 Å². The van der Waals surface area contributed by atoms with Gasteiger partial charge in [-0.25, -0.2) is 4.98 Å². The Bertz CT molecular complexity index is 1100. The molecule has 0 aliphatic heterocycles. The quantitative estimate of drug-likeness (QED) is 0.558. The highest BCUT2D eigenvalue weighted by Crippen LogP contribution is 2.37. The Morgan fingerprint density at radius 3 is 2.70 bits per heavy atom. The molecule has 3 rings (SSSR count). The molecule has 0 bridgehead atoms. The number of rotatable bonds is 3. The summed E-state index contributed by atoms with van der Waals surface area (Å²) in [6.07, 6.45) is -3.00. The predicted molar refractivity (Wildman–Crippen MR) is 97.8 cm³/mol. The summed E-state index contributed by atoms with van der Waals surface area (Å²) in [5, 5.41) is 19.5. The van der Waals surface area contributed by atoms with E-state index in [9.17, 15) is 23.5 Å². The van der Waals surface area contributed by atoms with Gasteiger partial charge < -0.3 is 9.84 Å². The zero-order valence-electron chi connectivity index (χ0n) is 13.6. The fraction of sp³-hybridized carbons (Fsp3) is 0.111. The minimum Gasteiger partial charge on any atom is -0.503 e.